The fourth-order valence-electron chi connectivity index (χ4n) is 2.57. The van der Waals surface area contributed by atoms with Crippen LogP contribution in [-0.4, -0.2) is 57.0 Å². The second kappa shape index (κ2) is 10.7. The predicted octanol–water partition coefficient (Wildman–Crippen LogP) is 2.59. The highest BCUT2D eigenvalue weighted by molar-refractivity contribution is 6.42. The summed E-state index contributed by atoms with van der Waals surface area (Å²) in [6, 6.07) is 7.47. The van der Waals surface area contributed by atoms with Crippen LogP contribution in [0.3, 0.4) is 0 Å². The monoisotopic (exact) mass is 469 g/mol. The highest BCUT2D eigenvalue weighted by Gasteiger charge is 2.21. The van der Waals surface area contributed by atoms with E-state index in [1.807, 2.05) is 0 Å². The average Bonchev–Trinajstić information content (AvgIpc) is 2.73. The molecule has 31 heavy (non-hydrogen) atoms. The lowest BCUT2D eigenvalue weighted by Gasteiger charge is -2.19. The van der Waals surface area contributed by atoms with Gasteiger partial charge in [-0.15, -0.1) is 0 Å². The Kier molecular flexibility index (Phi) is 8.35. The quantitative estimate of drug-likeness (QED) is 0.582. The number of halogens is 2. The van der Waals surface area contributed by atoms with E-state index in [9.17, 15) is 14.4 Å². The summed E-state index contributed by atoms with van der Waals surface area (Å²) in [6.07, 6.45) is 0. The van der Waals surface area contributed by atoms with Crippen molar-refractivity contribution >= 4 is 46.6 Å². The summed E-state index contributed by atoms with van der Waals surface area (Å²) in [7, 11) is 4.20. The molecule has 0 saturated heterocycles. The summed E-state index contributed by atoms with van der Waals surface area (Å²) in [4.78, 5) is 37.4. The minimum absolute atomic E-state index is 0.125. The van der Waals surface area contributed by atoms with E-state index in [1.165, 1.54) is 44.4 Å². The number of rotatable bonds is 9. The van der Waals surface area contributed by atoms with Crippen molar-refractivity contribution in [2.45, 2.75) is 0 Å². The second-order valence-corrected chi connectivity index (χ2v) is 7.12. The van der Waals surface area contributed by atoms with Crippen LogP contribution >= 0.6 is 23.2 Å². The zero-order valence-corrected chi connectivity index (χ0v) is 18.5. The lowest BCUT2D eigenvalue weighted by molar-refractivity contribution is -0.120. The number of anilines is 1. The van der Waals surface area contributed by atoms with Crippen LogP contribution in [0.4, 0.5) is 5.69 Å². The Morgan fingerprint density at radius 2 is 1.65 bits per heavy atom. The molecule has 2 aromatic carbocycles. The van der Waals surface area contributed by atoms with Crippen LogP contribution in [0, 0.1) is 0 Å². The molecule has 0 aromatic heterocycles. The SMILES string of the molecule is COc1cc(C(=O)N(C)CC(=O)Nc2ccc(Cl)c(Cl)c2)cc(OC)c1OCC(N)=O. The van der Waals surface area contributed by atoms with Gasteiger partial charge in [0, 0.05) is 18.3 Å². The molecule has 0 heterocycles. The number of carbonyl (C=O) groups is 3. The zero-order chi connectivity index (χ0) is 23.1. The van der Waals surface area contributed by atoms with Gasteiger partial charge in [0.15, 0.2) is 18.1 Å². The summed E-state index contributed by atoms with van der Waals surface area (Å²) >= 11 is 11.8. The first kappa shape index (κ1) is 24.1. The van der Waals surface area contributed by atoms with Crippen LogP contribution in [0.2, 0.25) is 10.0 Å². The van der Waals surface area contributed by atoms with Gasteiger partial charge in [0.05, 0.1) is 30.8 Å². The first-order chi connectivity index (χ1) is 14.7. The number of methoxy groups -OCH3 is 2. The molecule has 3 N–H and O–H groups in total. The molecule has 2 rings (SSSR count). The van der Waals surface area contributed by atoms with Crippen molar-refractivity contribution < 1.29 is 28.6 Å². The zero-order valence-electron chi connectivity index (χ0n) is 17.0. The van der Waals surface area contributed by atoms with Crippen molar-refractivity contribution in [2.24, 2.45) is 5.73 Å². The summed E-state index contributed by atoms with van der Waals surface area (Å²) in [6.45, 7) is -0.627. The minimum atomic E-state index is -0.683. The van der Waals surface area contributed by atoms with E-state index >= 15 is 0 Å². The molecule has 0 atom stereocenters. The third-order valence-corrected chi connectivity index (χ3v) is 4.74. The number of benzene rings is 2. The third kappa shape index (κ3) is 6.40. The van der Waals surface area contributed by atoms with Crippen molar-refractivity contribution in [3.05, 3.63) is 45.9 Å². The Balaban J connectivity index is 2.15. The van der Waals surface area contributed by atoms with Crippen LogP contribution in [0.1, 0.15) is 10.4 Å². The second-order valence-electron chi connectivity index (χ2n) is 6.30. The number of nitrogens with zero attached hydrogens (tertiary/aromatic N) is 1. The smallest absolute Gasteiger partial charge is 0.255 e. The van der Waals surface area contributed by atoms with Crippen LogP contribution in [0.5, 0.6) is 17.2 Å². The van der Waals surface area contributed by atoms with Gasteiger partial charge in [-0.3, -0.25) is 14.4 Å². The molecule has 0 fully saturated rings. The van der Waals surface area contributed by atoms with E-state index in [0.29, 0.717) is 15.7 Å². The van der Waals surface area contributed by atoms with Gasteiger partial charge in [-0.25, -0.2) is 0 Å². The summed E-state index contributed by atoms with van der Waals surface area (Å²) in [5, 5.41) is 3.29. The number of likely N-dealkylation sites (N-methyl/N-ethyl adjacent to an activating group) is 1. The fraction of sp³-hybridized carbons (Fsp3) is 0.250. The van der Waals surface area contributed by atoms with Gasteiger partial charge in [-0.2, -0.15) is 0 Å². The predicted molar refractivity (Wildman–Crippen MR) is 116 cm³/mol. The first-order valence-corrected chi connectivity index (χ1v) is 9.59. The van der Waals surface area contributed by atoms with Crippen LogP contribution in [0.25, 0.3) is 0 Å². The van der Waals surface area contributed by atoms with E-state index in [-0.39, 0.29) is 29.4 Å². The van der Waals surface area contributed by atoms with Crippen LogP contribution < -0.4 is 25.3 Å². The van der Waals surface area contributed by atoms with Gasteiger partial charge < -0.3 is 30.2 Å². The summed E-state index contributed by atoms with van der Waals surface area (Å²) in [5.41, 5.74) is 5.73. The molecule has 0 aliphatic rings. The Bertz CT molecular complexity index is 974. The molecule has 9 nitrogen and oxygen atoms in total. The topological polar surface area (TPSA) is 120 Å². The van der Waals surface area contributed by atoms with Crippen LogP contribution in [0.15, 0.2) is 30.3 Å². The Morgan fingerprint density at radius 3 is 2.16 bits per heavy atom. The molecule has 2 aromatic rings. The van der Waals surface area contributed by atoms with E-state index in [4.69, 9.17) is 43.1 Å². The number of primary amides is 1. The lowest BCUT2D eigenvalue weighted by atomic mass is 10.1. The molecule has 0 aliphatic heterocycles. The van der Waals surface area contributed by atoms with Crippen LogP contribution in [-0.2, 0) is 9.59 Å². The standard InChI is InChI=1S/C20H21Cl2N3O6/c1-25(9-18(27)24-12-4-5-13(21)14(22)8-12)20(28)11-6-15(29-2)19(16(7-11)30-3)31-10-17(23)26/h4-8H,9-10H2,1-3H3,(H2,23,26)(H,24,27). The lowest BCUT2D eigenvalue weighted by Crippen LogP contribution is -2.35. The molecule has 0 unspecified atom stereocenters. The maximum absolute atomic E-state index is 12.8. The molecular weight excluding hydrogens is 449 g/mol. The normalized spacial score (nSPS) is 10.2. The highest BCUT2D eigenvalue weighted by Crippen LogP contribution is 2.38. The van der Waals surface area contributed by atoms with Crippen molar-refractivity contribution in [1.82, 2.24) is 4.90 Å². The highest BCUT2D eigenvalue weighted by atomic mass is 35.5. The average molecular weight is 470 g/mol. The van der Waals surface area contributed by atoms with Crippen molar-refractivity contribution in [3.8, 4) is 17.2 Å². The summed E-state index contributed by atoms with van der Waals surface area (Å²) in [5.74, 6) is -1.13. The number of hydrogen-bond acceptors (Lipinski definition) is 6. The Labute approximate surface area is 188 Å². The van der Waals surface area contributed by atoms with Gasteiger partial charge >= 0.3 is 0 Å². The van der Waals surface area contributed by atoms with E-state index in [1.54, 1.807) is 12.1 Å². The van der Waals surface area contributed by atoms with E-state index < -0.39 is 24.3 Å². The van der Waals surface area contributed by atoms with Crippen molar-refractivity contribution in [2.75, 3.05) is 39.7 Å². The summed E-state index contributed by atoms with van der Waals surface area (Å²) < 4.78 is 15.8. The molecule has 0 spiro atoms. The molecule has 3 amide bonds. The molecular formula is C20H21Cl2N3O6. The van der Waals surface area contributed by atoms with Gasteiger partial charge in [0.25, 0.3) is 11.8 Å². The number of ether oxygens (including phenoxy) is 3. The number of hydrogen-bond donors (Lipinski definition) is 2. The first-order valence-electron chi connectivity index (χ1n) is 8.83. The van der Waals surface area contributed by atoms with Gasteiger partial charge in [-0.05, 0) is 30.3 Å². The van der Waals surface area contributed by atoms with Gasteiger partial charge in [0.1, 0.15) is 0 Å². The number of carbonyl (C=O) groups excluding carboxylic acids is 3. The van der Waals surface area contributed by atoms with Gasteiger partial charge in [0.2, 0.25) is 11.7 Å². The molecule has 0 bridgehead atoms. The fourth-order valence-corrected chi connectivity index (χ4v) is 2.87. The number of nitrogens with one attached hydrogen (secondary N) is 1. The molecule has 166 valence electrons. The van der Waals surface area contributed by atoms with E-state index in [0.717, 1.165) is 0 Å². The van der Waals surface area contributed by atoms with Gasteiger partial charge in [-0.1, -0.05) is 23.2 Å². The Hall–Kier alpha value is -3.17. The van der Waals surface area contributed by atoms with Crippen molar-refractivity contribution in [1.29, 1.82) is 0 Å². The largest absolute Gasteiger partial charge is 0.493 e. The molecule has 0 aliphatic carbocycles. The minimum Gasteiger partial charge on any atom is -0.493 e. The van der Waals surface area contributed by atoms with Crippen molar-refractivity contribution in [3.63, 3.8) is 0 Å². The molecule has 0 radical (unpaired) electrons. The number of amides is 3. The molecule has 11 heteroatoms. The molecule has 0 saturated carbocycles. The van der Waals surface area contributed by atoms with E-state index in [2.05, 4.69) is 5.32 Å². The Morgan fingerprint density at radius 1 is 1.03 bits per heavy atom. The maximum atomic E-state index is 12.8. The number of nitrogens with two attached hydrogens (primary N) is 1. The maximum Gasteiger partial charge on any atom is 0.255 e. The third-order valence-electron chi connectivity index (χ3n) is 4.00.